The predicted molar refractivity (Wildman–Crippen MR) is 84.1 cm³/mol. The highest BCUT2D eigenvalue weighted by Gasteiger charge is 2.29. The second-order valence-corrected chi connectivity index (χ2v) is 6.84. The van der Waals surface area contributed by atoms with E-state index in [9.17, 15) is 14.7 Å². The van der Waals surface area contributed by atoms with E-state index in [1.54, 1.807) is 4.57 Å². The average Bonchev–Trinajstić information content (AvgIpc) is 3.15. The zero-order valence-corrected chi connectivity index (χ0v) is 13.9. The van der Waals surface area contributed by atoms with Gasteiger partial charge in [0, 0.05) is 12.6 Å². The van der Waals surface area contributed by atoms with Gasteiger partial charge in [0.15, 0.2) is 11.2 Å². The predicted octanol–water partition coefficient (Wildman–Crippen LogP) is 1.51. The van der Waals surface area contributed by atoms with Crippen molar-refractivity contribution < 1.29 is 9.90 Å². The molecule has 1 fully saturated rings. The smallest absolute Gasteiger partial charge is 0.291 e. The van der Waals surface area contributed by atoms with Crippen molar-refractivity contribution in [3.63, 3.8) is 0 Å². The largest absolute Gasteiger partial charge is 0.494 e. The van der Waals surface area contributed by atoms with Crippen molar-refractivity contribution in [1.29, 1.82) is 0 Å². The van der Waals surface area contributed by atoms with Crippen LogP contribution in [0.2, 0.25) is 0 Å². The number of nitrogens with zero attached hydrogens (tertiary/aromatic N) is 3. The Morgan fingerprint density at radius 3 is 2.82 bits per heavy atom. The molecule has 3 rings (SSSR count). The van der Waals surface area contributed by atoms with Gasteiger partial charge < -0.3 is 10.4 Å². The molecule has 1 aliphatic carbocycles. The molecule has 0 radical (unpaired) electrons. The lowest BCUT2D eigenvalue weighted by molar-refractivity contribution is 0.0944. The van der Waals surface area contributed by atoms with Crippen LogP contribution in [0, 0.1) is 5.92 Å². The third kappa shape index (κ3) is 2.51. The summed E-state index contributed by atoms with van der Waals surface area (Å²) in [6, 6.07) is 0.102. The summed E-state index contributed by atoms with van der Waals surface area (Å²) in [5, 5.41) is 17.3. The minimum atomic E-state index is -0.614. The first kappa shape index (κ1) is 15.1. The number of carbonyl (C=O) groups excluding carboxylic acids is 1. The van der Waals surface area contributed by atoms with E-state index in [0.717, 1.165) is 17.4 Å². The Hall–Kier alpha value is -1.83. The van der Waals surface area contributed by atoms with Crippen LogP contribution in [-0.2, 0) is 6.54 Å². The molecule has 7 nitrogen and oxygen atoms in total. The van der Waals surface area contributed by atoms with E-state index in [1.165, 1.54) is 6.20 Å². The molecule has 0 aromatic carbocycles. The van der Waals surface area contributed by atoms with Crippen molar-refractivity contribution in [2.45, 2.75) is 39.3 Å². The van der Waals surface area contributed by atoms with Gasteiger partial charge in [-0.05, 0) is 34.7 Å². The van der Waals surface area contributed by atoms with Gasteiger partial charge in [-0.2, -0.15) is 9.61 Å². The SMILES string of the molecule is CC(C)Cn1c(O)c(C(=O)NC2CC2)c(=O)n2ncc(Br)c12. The Labute approximate surface area is 135 Å². The average molecular weight is 369 g/mol. The van der Waals surface area contributed by atoms with E-state index in [2.05, 4.69) is 26.3 Å². The highest BCUT2D eigenvalue weighted by molar-refractivity contribution is 9.10. The van der Waals surface area contributed by atoms with Gasteiger partial charge in [-0.15, -0.1) is 0 Å². The summed E-state index contributed by atoms with van der Waals surface area (Å²) >= 11 is 3.33. The molecule has 0 saturated heterocycles. The summed E-state index contributed by atoms with van der Waals surface area (Å²) in [5.41, 5.74) is -0.425. The molecular formula is C14H17BrN4O3. The van der Waals surface area contributed by atoms with E-state index >= 15 is 0 Å². The van der Waals surface area contributed by atoms with Crippen molar-refractivity contribution >= 4 is 27.5 Å². The van der Waals surface area contributed by atoms with E-state index in [0.29, 0.717) is 16.7 Å². The fourth-order valence-corrected chi connectivity index (χ4v) is 2.85. The molecule has 1 aliphatic rings. The lowest BCUT2D eigenvalue weighted by Gasteiger charge is -2.16. The van der Waals surface area contributed by atoms with E-state index in [-0.39, 0.29) is 23.4 Å². The summed E-state index contributed by atoms with van der Waals surface area (Å²) < 4.78 is 3.29. The Morgan fingerprint density at radius 2 is 2.23 bits per heavy atom. The first-order valence-electron chi connectivity index (χ1n) is 7.20. The number of hydrogen-bond donors (Lipinski definition) is 2. The van der Waals surface area contributed by atoms with Crippen LogP contribution in [0.5, 0.6) is 5.88 Å². The van der Waals surface area contributed by atoms with Crippen molar-refractivity contribution in [3.8, 4) is 5.88 Å². The Bertz CT molecular complexity index is 805. The maximum atomic E-state index is 12.5. The Balaban J connectivity index is 2.23. The fourth-order valence-electron chi connectivity index (χ4n) is 2.37. The molecule has 1 amide bonds. The molecule has 22 heavy (non-hydrogen) atoms. The third-order valence-electron chi connectivity index (χ3n) is 3.53. The van der Waals surface area contributed by atoms with Crippen molar-refractivity contribution in [3.05, 3.63) is 26.6 Å². The minimum Gasteiger partial charge on any atom is -0.494 e. The van der Waals surface area contributed by atoms with Crippen LogP contribution >= 0.6 is 15.9 Å². The highest BCUT2D eigenvalue weighted by Crippen LogP contribution is 2.25. The summed E-state index contributed by atoms with van der Waals surface area (Å²) in [7, 11) is 0. The van der Waals surface area contributed by atoms with Crippen LogP contribution in [0.4, 0.5) is 0 Å². The number of nitrogens with one attached hydrogen (secondary N) is 1. The monoisotopic (exact) mass is 368 g/mol. The Morgan fingerprint density at radius 1 is 1.55 bits per heavy atom. The molecule has 0 atom stereocenters. The molecule has 0 bridgehead atoms. The molecule has 0 unspecified atom stereocenters. The molecule has 8 heteroatoms. The van der Waals surface area contributed by atoms with Gasteiger partial charge in [-0.25, -0.2) is 0 Å². The minimum absolute atomic E-state index is 0.102. The molecule has 0 aliphatic heterocycles. The molecule has 2 heterocycles. The quantitative estimate of drug-likeness (QED) is 0.855. The molecule has 2 aromatic heterocycles. The number of aromatic nitrogens is 3. The number of halogens is 1. The normalized spacial score (nSPS) is 14.7. The second-order valence-electron chi connectivity index (χ2n) is 5.98. The number of hydrogen-bond acceptors (Lipinski definition) is 4. The number of rotatable bonds is 4. The molecule has 2 aromatic rings. The van der Waals surface area contributed by atoms with Crippen molar-refractivity contribution in [1.82, 2.24) is 19.5 Å². The van der Waals surface area contributed by atoms with Gasteiger partial charge in [0.1, 0.15) is 0 Å². The Kier molecular flexibility index (Phi) is 3.72. The van der Waals surface area contributed by atoms with Crippen molar-refractivity contribution in [2.24, 2.45) is 5.92 Å². The van der Waals surface area contributed by atoms with Gasteiger partial charge in [0.05, 0.1) is 10.7 Å². The third-order valence-corrected chi connectivity index (χ3v) is 4.09. The van der Waals surface area contributed by atoms with Gasteiger partial charge >= 0.3 is 0 Å². The zero-order chi connectivity index (χ0) is 16.0. The van der Waals surface area contributed by atoms with Crippen LogP contribution in [0.3, 0.4) is 0 Å². The summed E-state index contributed by atoms with van der Waals surface area (Å²) in [4.78, 5) is 24.8. The number of aromatic hydroxyl groups is 1. The fraction of sp³-hybridized carbons (Fsp3) is 0.500. The molecule has 118 valence electrons. The number of amides is 1. The summed E-state index contributed by atoms with van der Waals surface area (Å²) in [6.07, 6.45) is 3.29. The standard InChI is InChI=1S/C14H17BrN4O3/c1-7(2)6-18-12-9(15)5-16-19(12)14(22)10(13(18)21)11(20)17-8-3-4-8/h5,7-8,21H,3-4,6H2,1-2H3,(H,17,20). The van der Waals surface area contributed by atoms with Gasteiger partial charge in [0.2, 0.25) is 5.88 Å². The highest BCUT2D eigenvalue weighted by atomic mass is 79.9. The van der Waals surface area contributed by atoms with Gasteiger partial charge in [-0.1, -0.05) is 13.8 Å². The molecular weight excluding hydrogens is 352 g/mol. The van der Waals surface area contributed by atoms with Crippen molar-refractivity contribution in [2.75, 3.05) is 0 Å². The maximum Gasteiger partial charge on any atom is 0.291 e. The van der Waals surface area contributed by atoms with Crippen LogP contribution < -0.4 is 10.9 Å². The zero-order valence-electron chi connectivity index (χ0n) is 12.3. The molecule has 1 saturated carbocycles. The molecule has 0 spiro atoms. The second kappa shape index (κ2) is 5.42. The molecule has 2 N–H and O–H groups in total. The first-order valence-corrected chi connectivity index (χ1v) is 7.99. The number of fused-ring (bicyclic) bond motifs is 1. The van der Waals surface area contributed by atoms with Gasteiger partial charge in [-0.3, -0.25) is 14.2 Å². The van der Waals surface area contributed by atoms with Crippen LogP contribution in [0.1, 0.15) is 37.0 Å². The van der Waals surface area contributed by atoms with E-state index in [4.69, 9.17) is 0 Å². The lowest BCUT2D eigenvalue weighted by Crippen LogP contribution is -2.34. The van der Waals surface area contributed by atoms with Crippen LogP contribution in [-0.4, -0.2) is 31.2 Å². The topological polar surface area (TPSA) is 88.6 Å². The van der Waals surface area contributed by atoms with Crippen LogP contribution in [0.25, 0.3) is 5.65 Å². The summed E-state index contributed by atoms with van der Waals surface area (Å²) in [5.74, 6) is -0.639. The maximum absolute atomic E-state index is 12.5. The van der Waals surface area contributed by atoms with Gasteiger partial charge in [0.25, 0.3) is 11.5 Å². The van der Waals surface area contributed by atoms with E-state index < -0.39 is 11.5 Å². The first-order chi connectivity index (χ1) is 10.4. The van der Waals surface area contributed by atoms with E-state index in [1.807, 2.05) is 13.8 Å². The van der Waals surface area contributed by atoms with Crippen LogP contribution in [0.15, 0.2) is 15.5 Å². The lowest BCUT2D eigenvalue weighted by atomic mass is 10.2. The number of carbonyl (C=O) groups is 1. The summed E-state index contributed by atoms with van der Waals surface area (Å²) in [6.45, 7) is 4.44.